The number of amides is 1. The van der Waals surface area contributed by atoms with Crippen molar-refractivity contribution in [2.75, 3.05) is 21.9 Å². The third-order valence-corrected chi connectivity index (χ3v) is 7.22. The predicted molar refractivity (Wildman–Crippen MR) is 122 cm³/mol. The molecule has 6 nitrogen and oxygen atoms in total. The number of anilines is 2. The third kappa shape index (κ3) is 5.00. The molecule has 4 rings (SSSR count). The number of hydrogen-bond donors (Lipinski definition) is 1. The summed E-state index contributed by atoms with van der Waals surface area (Å²) in [6.07, 6.45) is 0.614. The van der Waals surface area contributed by atoms with E-state index < -0.39 is 10.0 Å². The number of carbonyl (C=O) groups is 1. The van der Waals surface area contributed by atoms with E-state index in [1.54, 1.807) is 48.5 Å². The summed E-state index contributed by atoms with van der Waals surface area (Å²) in [5, 5.41) is 3.48. The predicted octanol–water partition coefficient (Wildman–Crippen LogP) is 4.71. The molecule has 1 aliphatic heterocycles. The molecule has 0 saturated carbocycles. The maximum absolute atomic E-state index is 12.5. The standard InChI is InChI=1S/C23H21ClN2O4S/c24-22-5-2-1-4-18(22)16-30-21-12-8-19(9-13-21)25-23(27)17-6-10-20(11-7-17)26-14-3-15-31(26,28)29/h1-2,4-13H,3,14-16H2,(H,25,27). The zero-order chi connectivity index (χ0) is 21.8. The highest BCUT2D eigenvalue weighted by Gasteiger charge is 2.28. The molecule has 0 unspecified atom stereocenters. The van der Waals surface area contributed by atoms with Gasteiger partial charge in [0.2, 0.25) is 10.0 Å². The summed E-state index contributed by atoms with van der Waals surface area (Å²) >= 11 is 6.13. The van der Waals surface area contributed by atoms with Crippen molar-refractivity contribution >= 4 is 38.9 Å². The monoisotopic (exact) mass is 456 g/mol. The van der Waals surface area contributed by atoms with Gasteiger partial charge in [0.1, 0.15) is 12.4 Å². The summed E-state index contributed by atoms with van der Waals surface area (Å²) in [6, 6.07) is 21.1. The molecule has 1 N–H and O–H groups in total. The van der Waals surface area contributed by atoms with Crippen LogP contribution in [-0.2, 0) is 16.6 Å². The van der Waals surface area contributed by atoms with E-state index >= 15 is 0 Å². The second kappa shape index (κ2) is 8.99. The SMILES string of the molecule is O=C(Nc1ccc(OCc2ccccc2Cl)cc1)c1ccc(N2CCCS2(=O)=O)cc1. The van der Waals surface area contributed by atoms with Crippen LogP contribution in [0, 0.1) is 0 Å². The van der Waals surface area contributed by atoms with Gasteiger partial charge in [0.05, 0.1) is 11.4 Å². The zero-order valence-corrected chi connectivity index (χ0v) is 18.2. The average molecular weight is 457 g/mol. The Hall–Kier alpha value is -3.03. The minimum absolute atomic E-state index is 0.160. The van der Waals surface area contributed by atoms with Crippen LogP contribution in [0.2, 0.25) is 5.02 Å². The number of sulfonamides is 1. The van der Waals surface area contributed by atoms with E-state index in [9.17, 15) is 13.2 Å². The molecule has 160 valence electrons. The summed E-state index contributed by atoms with van der Waals surface area (Å²) in [4.78, 5) is 12.5. The van der Waals surface area contributed by atoms with Crippen molar-refractivity contribution in [2.24, 2.45) is 0 Å². The lowest BCUT2D eigenvalue weighted by atomic mass is 10.2. The highest BCUT2D eigenvalue weighted by Crippen LogP contribution is 2.25. The highest BCUT2D eigenvalue weighted by molar-refractivity contribution is 7.93. The Kier molecular flexibility index (Phi) is 6.15. The van der Waals surface area contributed by atoms with Crippen LogP contribution < -0.4 is 14.4 Å². The van der Waals surface area contributed by atoms with Gasteiger partial charge in [-0.1, -0.05) is 29.8 Å². The molecule has 3 aromatic carbocycles. The molecule has 0 aliphatic carbocycles. The summed E-state index contributed by atoms with van der Waals surface area (Å²) in [6.45, 7) is 0.823. The van der Waals surface area contributed by atoms with Crippen molar-refractivity contribution in [3.8, 4) is 5.75 Å². The molecule has 1 aliphatic rings. The fraction of sp³-hybridized carbons (Fsp3) is 0.174. The lowest BCUT2D eigenvalue weighted by Crippen LogP contribution is -2.25. The first-order valence-electron chi connectivity index (χ1n) is 9.80. The van der Waals surface area contributed by atoms with Crippen LogP contribution in [0.4, 0.5) is 11.4 Å². The Morgan fingerprint density at radius 3 is 2.35 bits per heavy atom. The van der Waals surface area contributed by atoms with E-state index in [2.05, 4.69) is 5.32 Å². The molecule has 31 heavy (non-hydrogen) atoms. The van der Waals surface area contributed by atoms with Crippen LogP contribution in [0.25, 0.3) is 0 Å². The molecule has 0 spiro atoms. The maximum Gasteiger partial charge on any atom is 0.255 e. The van der Waals surface area contributed by atoms with Crippen LogP contribution in [0.1, 0.15) is 22.3 Å². The fourth-order valence-corrected chi connectivity index (χ4v) is 5.08. The Morgan fingerprint density at radius 2 is 1.71 bits per heavy atom. The molecule has 0 aromatic heterocycles. The molecule has 0 atom stereocenters. The van der Waals surface area contributed by atoms with Crippen molar-refractivity contribution in [3.05, 3.63) is 88.9 Å². The van der Waals surface area contributed by atoms with Crippen LogP contribution >= 0.6 is 11.6 Å². The number of rotatable bonds is 6. The molecule has 1 amide bonds. The van der Waals surface area contributed by atoms with Gasteiger partial charge in [-0.05, 0) is 61.0 Å². The van der Waals surface area contributed by atoms with Gasteiger partial charge >= 0.3 is 0 Å². The quantitative estimate of drug-likeness (QED) is 0.582. The fourth-order valence-electron chi connectivity index (χ4n) is 3.32. The number of nitrogens with zero attached hydrogens (tertiary/aromatic N) is 1. The van der Waals surface area contributed by atoms with Crippen molar-refractivity contribution in [2.45, 2.75) is 13.0 Å². The van der Waals surface area contributed by atoms with Gasteiger partial charge in [0.15, 0.2) is 0 Å². The molecule has 1 saturated heterocycles. The molecule has 3 aromatic rings. The van der Waals surface area contributed by atoms with Crippen LogP contribution in [0.3, 0.4) is 0 Å². The summed E-state index contributed by atoms with van der Waals surface area (Å²) in [7, 11) is -3.24. The maximum atomic E-state index is 12.5. The van der Waals surface area contributed by atoms with Gasteiger partial charge in [-0.3, -0.25) is 9.10 Å². The summed E-state index contributed by atoms with van der Waals surface area (Å²) in [5.74, 6) is 0.544. The van der Waals surface area contributed by atoms with Crippen molar-refractivity contribution in [1.82, 2.24) is 0 Å². The Morgan fingerprint density at radius 1 is 1.00 bits per heavy atom. The summed E-state index contributed by atoms with van der Waals surface area (Å²) < 4.78 is 31.2. The third-order valence-electron chi connectivity index (χ3n) is 4.98. The number of hydrogen-bond acceptors (Lipinski definition) is 4. The summed E-state index contributed by atoms with van der Waals surface area (Å²) in [5.41, 5.74) is 2.54. The topological polar surface area (TPSA) is 75.7 Å². The largest absolute Gasteiger partial charge is 0.489 e. The molecule has 8 heteroatoms. The highest BCUT2D eigenvalue weighted by atomic mass is 35.5. The van der Waals surface area contributed by atoms with E-state index in [1.165, 1.54) is 4.31 Å². The van der Waals surface area contributed by atoms with E-state index in [0.717, 1.165) is 5.56 Å². The number of halogens is 1. The van der Waals surface area contributed by atoms with Gasteiger partial charge in [0, 0.05) is 28.4 Å². The lowest BCUT2D eigenvalue weighted by molar-refractivity contribution is 0.102. The van der Waals surface area contributed by atoms with E-state index in [0.29, 0.717) is 47.3 Å². The van der Waals surface area contributed by atoms with Gasteiger partial charge in [0.25, 0.3) is 5.91 Å². The smallest absolute Gasteiger partial charge is 0.255 e. The average Bonchev–Trinajstić information content (AvgIpc) is 3.13. The Balaban J connectivity index is 1.36. The zero-order valence-electron chi connectivity index (χ0n) is 16.6. The van der Waals surface area contributed by atoms with Gasteiger partial charge in [-0.25, -0.2) is 8.42 Å². The normalized spacial score (nSPS) is 14.9. The Labute approximate surface area is 186 Å². The van der Waals surface area contributed by atoms with E-state index in [1.807, 2.05) is 24.3 Å². The minimum atomic E-state index is -3.24. The number of benzene rings is 3. The van der Waals surface area contributed by atoms with Crippen LogP contribution in [-0.4, -0.2) is 26.6 Å². The van der Waals surface area contributed by atoms with E-state index in [4.69, 9.17) is 16.3 Å². The lowest BCUT2D eigenvalue weighted by Gasteiger charge is -2.17. The molecule has 0 radical (unpaired) electrons. The van der Waals surface area contributed by atoms with Crippen molar-refractivity contribution in [1.29, 1.82) is 0 Å². The van der Waals surface area contributed by atoms with Crippen LogP contribution in [0.5, 0.6) is 5.75 Å². The number of nitrogens with one attached hydrogen (secondary N) is 1. The van der Waals surface area contributed by atoms with Gasteiger partial charge in [-0.2, -0.15) is 0 Å². The molecule has 1 fully saturated rings. The second-order valence-corrected chi connectivity index (χ2v) is 9.57. The Bertz CT molecular complexity index is 1180. The van der Waals surface area contributed by atoms with Crippen molar-refractivity contribution < 1.29 is 17.9 Å². The van der Waals surface area contributed by atoms with E-state index in [-0.39, 0.29) is 11.7 Å². The first-order chi connectivity index (χ1) is 14.9. The van der Waals surface area contributed by atoms with Crippen LogP contribution in [0.15, 0.2) is 72.8 Å². The van der Waals surface area contributed by atoms with Gasteiger partial charge < -0.3 is 10.1 Å². The molecule has 1 heterocycles. The van der Waals surface area contributed by atoms with Gasteiger partial charge in [-0.15, -0.1) is 0 Å². The molecule has 0 bridgehead atoms. The molecular weight excluding hydrogens is 436 g/mol. The first-order valence-corrected chi connectivity index (χ1v) is 11.8. The second-order valence-electron chi connectivity index (χ2n) is 7.15. The minimum Gasteiger partial charge on any atom is -0.489 e. The molecular formula is C23H21ClN2O4S. The van der Waals surface area contributed by atoms with Crippen molar-refractivity contribution in [3.63, 3.8) is 0 Å². The number of ether oxygens (including phenoxy) is 1. The first kappa shape index (κ1) is 21.2. The number of carbonyl (C=O) groups excluding carboxylic acids is 1.